The van der Waals surface area contributed by atoms with Crippen LogP contribution in [0.5, 0.6) is 0 Å². The first-order valence-electron chi connectivity index (χ1n) is 9.71. The summed E-state index contributed by atoms with van der Waals surface area (Å²) in [6.45, 7) is -1.09. The lowest BCUT2D eigenvalue weighted by Gasteiger charge is -2.28. The van der Waals surface area contributed by atoms with E-state index in [-0.39, 0.29) is 11.4 Å². The Morgan fingerprint density at radius 1 is 0.871 bits per heavy atom. The van der Waals surface area contributed by atoms with Gasteiger partial charge in [-0.1, -0.05) is 42.5 Å². The highest BCUT2D eigenvalue weighted by molar-refractivity contribution is 5.88. The molecule has 0 bridgehead atoms. The third-order valence-corrected chi connectivity index (χ3v) is 5.61. The maximum Gasteiger partial charge on any atom is 0.143 e. The van der Waals surface area contributed by atoms with Gasteiger partial charge in [0.05, 0.1) is 17.4 Å². The molecule has 0 radical (unpaired) electrons. The van der Waals surface area contributed by atoms with E-state index in [0.717, 1.165) is 0 Å². The number of nitrogens with zero attached hydrogens (tertiary/aromatic N) is 2. The van der Waals surface area contributed by atoms with E-state index in [2.05, 4.69) is 5.10 Å². The van der Waals surface area contributed by atoms with E-state index in [9.17, 15) is 18.3 Å². The smallest absolute Gasteiger partial charge is 0.143 e. The molecule has 0 aliphatic heterocycles. The van der Waals surface area contributed by atoms with Gasteiger partial charge in [0.25, 0.3) is 0 Å². The lowest BCUT2D eigenvalue weighted by atomic mass is 9.84. The van der Waals surface area contributed by atoms with Crippen molar-refractivity contribution in [3.05, 3.63) is 108 Å². The lowest BCUT2D eigenvalue weighted by molar-refractivity contribution is 0.0533. The Bertz CT molecular complexity index is 1430. The number of rotatable bonds is 4. The number of halogens is 3. The summed E-state index contributed by atoms with van der Waals surface area (Å²) in [5.74, 6) is -0.819. The molecule has 31 heavy (non-hydrogen) atoms. The first-order chi connectivity index (χ1) is 15.0. The van der Waals surface area contributed by atoms with Crippen molar-refractivity contribution >= 4 is 21.7 Å². The summed E-state index contributed by atoms with van der Waals surface area (Å²) in [6, 6.07) is 20.3. The van der Waals surface area contributed by atoms with Crippen LogP contribution in [-0.4, -0.2) is 21.6 Å². The van der Waals surface area contributed by atoms with Crippen molar-refractivity contribution in [2.24, 2.45) is 0 Å². The summed E-state index contributed by atoms with van der Waals surface area (Å²) >= 11 is 0. The number of benzene rings is 4. The largest absolute Gasteiger partial charge is 0.378 e. The zero-order valence-corrected chi connectivity index (χ0v) is 16.3. The second-order valence-electron chi connectivity index (χ2n) is 7.44. The Morgan fingerprint density at radius 3 is 2.45 bits per heavy atom. The maximum atomic E-state index is 14.4. The fraction of sp³-hybridized carbons (Fsp3) is 0.0800. The molecule has 1 aromatic heterocycles. The molecule has 0 amide bonds. The van der Waals surface area contributed by atoms with Crippen LogP contribution in [0.25, 0.3) is 27.4 Å². The van der Waals surface area contributed by atoms with Crippen molar-refractivity contribution in [3.63, 3.8) is 0 Å². The van der Waals surface area contributed by atoms with Gasteiger partial charge in [-0.25, -0.2) is 17.9 Å². The van der Waals surface area contributed by atoms with Crippen molar-refractivity contribution in [3.8, 4) is 5.69 Å². The highest BCUT2D eigenvalue weighted by Gasteiger charge is 2.34. The normalized spacial score (nSPS) is 13.5. The number of alkyl halides is 1. The minimum atomic E-state index is -1.97. The van der Waals surface area contributed by atoms with E-state index in [1.54, 1.807) is 65.5 Å². The van der Waals surface area contributed by atoms with Crippen LogP contribution in [0.2, 0.25) is 0 Å². The molecule has 0 aliphatic carbocycles. The Morgan fingerprint density at radius 2 is 1.68 bits per heavy atom. The quantitative estimate of drug-likeness (QED) is 0.409. The average molecular weight is 418 g/mol. The predicted octanol–water partition coefficient (Wildman–Crippen LogP) is 5.66. The summed E-state index contributed by atoms with van der Waals surface area (Å²) in [5, 5.41) is 17.1. The molecule has 0 spiro atoms. The molecule has 5 rings (SSSR count). The fourth-order valence-corrected chi connectivity index (χ4v) is 4.03. The molecule has 0 aliphatic rings. The van der Waals surface area contributed by atoms with E-state index in [1.807, 2.05) is 0 Å². The van der Waals surface area contributed by atoms with Crippen LogP contribution in [0.1, 0.15) is 11.1 Å². The molecule has 154 valence electrons. The van der Waals surface area contributed by atoms with Gasteiger partial charge in [-0.3, -0.25) is 0 Å². The molecule has 1 heterocycles. The zero-order chi connectivity index (χ0) is 21.6. The monoisotopic (exact) mass is 418 g/mol. The zero-order valence-electron chi connectivity index (χ0n) is 16.3. The van der Waals surface area contributed by atoms with Gasteiger partial charge in [-0.05, 0) is 52.9 Å². The SMILES string of the molecule is OC(CF)(c1ccc2c(cnn2-c2cccc(F)c2)c1)c1ccc(F)c2ccccc12. The number of aliphatic hydroxyl groups is 1. The van der Waals surface area contributed by atoms with Crippen molar-refractivity contribution in [2.45, 2.75) is 5.60 Å². The van der Waals surface area contributed by atoms with Gasteiger partial charge in [0.2, 0.25) is 0 Å². The molecular weight excluding hydrogens is 401 g/mol. The number of hydrogen-bond donors (Lipinski definition) is 1. The van der Waals surface area contributed by atoms with Crippen LogP contribution in [0, 0.1) is 11.6 Å². The summed E-state index contributed by atoms with van der Waals surface area (Å²) < 4.78 is 43.8. The molecule has 1 unspecified atom stereocenters. The predicted molar refractivity (Wildman–Crippen MR) is 114 cm³/mol. The first kappa shape index (κ1) is 19.3. The average Bonchev–Trinajstić information content (AvgIpc) is 3.22. The standard InChI is InChI=1S/C25H17F3N2O/c26-15-25(31,22-9-10-23(28)21-7-2-1-6-20(21)22)17-8-11-24-16(12-17)14-29-30(24)19-5-3-4-18(27)13-19/h1-14,31H,15H2. The van der Waals surface area contributed by atoms with Gasteiger partial charge in [0.15, 0.2) is 0 Å². The Kier molecular flexibility index (Phi) is 4.52. The van der Waals surface area contributed by atoms with E-state index < -0.39 is 18.1 Å². The lowest BCUT2D eigenvalue weighted by Crippen LogP contribution is -2.30. The van der Waals surface area contributed by atoms with Gasteiger partial charge in [-0.2, -0.15) is 5.10 Å². The van der Waals surface area contributed by atoms with Gasteiger partial charge in [-0.15, -0.1) is 0 Å². The topological polar surface area (TPSA) is 38.1 Å². The van der Waals surface area contributed by atoms with Crippen LogP contribution >= 0.6 is 0 Å². The second kappa shape index (κ2) is 7.25. The summed E-state index contributed by atoms with van der Waals surface area (Å²) in [5.41, 5.74) is -0.142. The molecule has 5 aromatic rings. The molecule has 1 N–H and O–H groups in total. The first-order valence-corrected chi connectivity index (χ1v) is 9.71. The van der Waals surface area contributed by atoms with E-state index >= 15 is 0 Å². The number of aromatic nitrogens is 2. The highest BCUT2D eigenvalue weighted by Crippen LogP contribution is 2.37. The fourth-order valence-electron chi connectivity index (χ4n) is 4.03. The van der Waals surface area contributed by atoms with Crippen molar-refractivity contribution < 1.29 is 18.3 Å². The highest BCUT2D eigenvalue weighted by atomic mass is 19.1. The van der Waals surface area contributed by atoms with Crippen LogP contribution in [-0.2, 0) is 5.60 Å². The molecular formula is C25H17F3N2O. The third-order valence-electron chi connectivity index (χ3n) is 5.61. The summed E-state index contributed by atoms with van der Waals surface area (Å²) in [7, 11) is 0. The van der Waals surface area contributed by atoms with Crippen LogP contribution < -0.4 is 0 Å². The van der Waals surface area contributed by atoms with E-state index in [1.165, 1.54) is 24.3 Å². The third kappa shape index (κ3) is 3.07. The van der Waals surface area contributed by atoms with Crippen LogP contribution in [0.15, 0.2) is 85.1 Å². The van der Waals surface area contributed by atoms with E-state index in [4.69, 9.17) is 0 Å². The van der Waals surface area contributed by atoms with Gasteiger partial charge >= 0.3 is 0 Å². The molecule has 3 nitrogen and oxygen atoms in total. The van der Waals surface area contributed by atoms with Crippen molar-refractivity contribution in [2.75, 3.05) is 6.67 Å². The molecule has 0 fully saturated rings. The number of hydrogen-bond acceptors (Lipinski definition) is 2. The molecule has 1 atom stereocenters. The number of fused-ring (bicyclic) bond motifs is 2. The Labute approximate surface area is 176 Å². The Balaban J connectivity index is 1.67. The minimum Gasteiger partial charge on any atom is -0.378 e. The Hall–Kier alpha value is -3.64. The van der Waals surface area contributed by atoms with Crippen LogP contribution in [0.3, 0.4) is 0 Å². The molecule has 4 aromatic carbocycles. The minimum absolute atomic E-state index is 0.281. The molecule has 0 saturated heterocycles. The maximum absolute atomic E-state index is 14.4. The van der Waals surface area contributed by atoms with Crippen LogP contribution in [0.4, 0.5) is 13.2 Å². The summed E-state index contributed by atoms with van der Waals surface area (Å²) in [6.07, 6.45) is 1.57. The van der Waals surface area contributed by atoms with Gasteiger partial charge in [0, 0.05) is 10.8 Å². The van der Waals surface area contributed by atoms with Crippen molar-refractivity contribution in [1.82, 2.24) is 9.78 Å². The van der Waals surface area contributed by atoms with Gasteiger partial charge < -0.3 is 5.11 Å². The van der Waals surface area contributed by atoms with E-state index in [0.29, 0.717) is 32.9 Å². The summed E-state index contributed by atoms with van der Waals surface area (Å²) in [4.78, 5) is 0. The second-order valence-corrected chi connectivity index (χ2v) is 7.44. The molecule has 0 saturated carbocycles. The van der Waals surface area contributed by atoms with Crippen molar-refractivity contribution in [1.29, 1.82) is 0 Å². The van der Waals surface area contributed by atoms with Gasteiger partial charge in [0.1, 0.15) is 23.9 Å². The molecule has 6 heteroatoms.